The van der Waals surface area contributed by atoms with Crippen molar-refractivity contribution in [3.63, 3.8) is 0 Å². The molecule has 1 aliphatic heterocycles. The monoisotopic (exact) mass is 358 g/mol. The third-order valence-corrected chi connectivity index (χ3v) is 5.14. The second-order valence-corrected chi connectivity index (χ2v) is 7.00. The van der Waals surface area contributed by atoms with E-state index in [0.29, 0.717) is 18.3 Å². The van der Waals surface area contributed by atoms with Crippen molar-refractivity contribution in [3.8, 4) is 0 Å². The molecule has 1 atom stereocenters. The highest BCUT2D eigenvalue weighted by molar-refractivity contribution is 5.08. The topological polar surface area (TPSA) is 52.5 Å². The molecular weight excluding hydrogens is 331 g/mol. The highest BCUT2D eigenvalue weighted by Crippen LogP contribution is 2.19. The lowest BCUT2D eigenvalue weighted by Gasteiger charge is -2.37. The first-order valence-electron chi connectivity index (χ1n) is 9.24. The summed E-state index contributed by atoms with van der Waals surface area (Å²) in [5.41, 5.74) is 1.66. The molecule has 140 valence electrons. The number of halogens is 1. The lowest BCUT2D eigenvalue weighted by atomic mass is 10.0. The Balaban J connectivity index is 1.41. The quantitative estimate of drug-likeness (QED) is 0.823. The van der Waals surface area contributed by atoms with E-state index in [9.17, 15) is 9.50 Å². The molecule has 0 spiro atoms. The number of aromatic nitrogens is 2. The van der Waals surface area contributed by atoms with Gasteiger partial charge in [0.2, 0.25) is 0 Å². The highest BCUT2D eigenvalue weighted by Gasteiger charge is 2.24. The maximum Gasteiger partial charge on any atom is 0.141 e. The molecule has 3 heterocycles. The molecule has 5 nitrogen and oxygen atoms in total. The third-order valence-electron chi connectivity index (χ3n) is 5.14. The van der Waals surface area contributed by atoms with E-state index in [0.717, 1.165) is 50.8 Å². The normalized spacial score (nSPS) is 17.5. The van der Waals surface area contributed by atoms with Crippen molar-refractivity contribution in [1.29, 1.82) is 0 Å². The number of nitrogens with zero attached hydrogens (tertiary/aromatic N) is 4. The Hall–Kier alpha value is -1.89. The van der Waals surface area contributed by atoms with E-state index in [2.05, 4.69) is 25.8 Å². The second kappa shape index (κ2) is 9.16. The Bertz CT molecular complexity index is 659. The van der Waals surface area contributed by atoms with Crippen LogP contribution in [-0.2, 0) is 6.42 Å². The van der Waals surface area contributed by atoms with Gasteiger partial charge in [-0.2, -0.15) is 0 Å². The number of hydrogen-bond acceptors (Lipinski definition) is 5. The van der Waals surface area contributed by atoms with Crippen LogP contribution in [0.15, 0.2) is 42.7 Å². The summed E-state index contributed by atoms with van der Waals surface area (Å²) in [7, 11) is 2.04. The summed E-state index contributed by atoms with van der Waals surface area (Å²) in [6.45, 7) is 3.67. The summed E-state index contributed by atoms with van der Waals surface area (Å²) in [6.07, 6.45) is 5.46. The van der Waals surface area contributed by atoms with Gasteiger partial charge in [0, 0.05) is 37.4 Å². The van der Waals surface area contributed by atoms with Gasteiger partial charge in [-0.15, -0.1) is 0 Å². The van der Waals surface area contributed by atoms with Crippen molar-refractivity contribution >= 4 is 0 Å². The molecule has 1 fully saturated rings. The number of hydrogen-bond donors (Lipinski definition) is 1. The molecule has 26 heavy (non-hydrogen) atoms. The number of likely N-dealkylation sites (tertiary alicyclic amines) is 1. The van der Waals surface area contributed by atoms with Crippen molar-refractivity contribution in [2.45, 2.75) is 31.4 Å². The molecular formula is C20H27FN4O. The number of aliphatic hydroxyl groups excluding tert-OH is 1. The van der Waals surface area contributed by atoms with Gasteiger partial charge in [0.25, 0.3) is 0 Å². The van der Waals surface area contributed by atoms with E-state index in [-0.39, 0.29) is 5.82 Å². The van der Waals surface area contributed by atoms with Crippen molar-refractivity contribution in [3.05, 3.63) is 59.9 Å². The zero-order chi connectivity index (χ0) is 18.4. The molecule has 1 N–H and O–H groups in total. The Morgan fingerprint density at radius 2 is 2.04 bits per heavy atom. The first kappa shape index (κ1) is 18.9. The maximum absolute atomic E-state index is 12.9. The smallest absolute Gasteiger partial charge is 0.141 e. The van der Waals surface area contributed by atoms with Crippen LogP contribution >= 0.6 is 0 Å². The molecule has 2 aromatic heterocycles. The standard InChI is InChI=1S/C20H27FN4O/c1-24(15-20(26)19-6-5-16(21)14-23-19)18-8-12-25(13-9-18)11-7-17-4-2-3-10-22-17/h2-6,10,14,18,20,26H,7-9,11-13,15H2,1H3/t20-/m0/s1. The second-order valence-electron chi connectivity index (χ2n) is 7.00. The summed E-state index contributed by atoms with van der Waals surface area (Å²) in [4.78, 5) is 13.0. The minimum atomic E-state index is -0.692. The molecule has 0 aromatic carbocycles. The van der Waals surface area contributed by atoms with Gasteiger partial charge in [-0.05, 0) is 57.2 Å². The number of rotatable bonds is 7. The number of pyridine rings is 2. The van der Waals surface area contributed by atoms with Gasteiger partial charge in [0.1, 0.15) is 11.9 Å². The fourth-order valence-electron chi connectivity index (χ4n) is 3.50. The number of likely N-dealkylation sites (N-methyl/N-ethyl adjacent to an activating group) is 1. The van der Waals surface area contributed by atoms with Crippen LogP contribution in [0, 0.1) is 5.82 Å². The van der Waals surface area contributed by atoms with Gasteiger partial charge in [0.05, 0.1) is 11.9 Å². The van der Waals surface area contributed by atoms with Crippen LogP contribution in [-0.4, -0.2) is 64.1 Å². The average molecular weight is 358 g/mol. The molecule has 0 bridgehead atoms. The number of piperidine rings is 1. The largest absolute Gasteiger partial charge is 0.385 e. The van der Waals surface area contributed by atoms with E-state index in [1.165, 1.54) is 6.07 Å². The first-order valence-corrected chi connectivity index (χ1v) is 9.24. The van der Waals surface area contributed by atoms with Crippen LogP contribution in [0.25, 0.3) is 0 Å². The van der Waals surface area contributed by atoms with Crippen LogP contribution in [0.3, 0.4) is 0 Å². The molecule has 1 saturated heterocycles. The maximum atomic E-state index is 12.9. The molecule has 6 heteroatoms. The van der Waals surface area contributed by atoms with Crippen LogP contribution in [0.1, 0.15) is 30.3 Å². The zero-order valence-electron chi connectivity index (χ0n) is 15.3. The molecule has 2 aromatic rings. The number of aliphatic hydroxyl groups is 1. The third kappa shape index (κ3) is 5.30. The summed E-state index contributed by atoms with van der Waals surface area (Å²) in [5, 5.41) is 10.3. The van der Waals surface area contributed by atoms with E-state index in [4.69, 9.17) is 0 Å². The first-order chi connectivity index (χ1) is 12.6. The summed E-state index contributed by atoms with van der Waals surface area (Å²) in [6, 6.07) is 9.40. The van der Waals surface area contributed by atoms with Gasteiger partial charge >= 0.3 is 0 Å². The average Bonchev–Trinajstić information content (AvgIpc) is 2.68. The van der Waals surface area contributed by atoms with Gasteiger partial charge in [-0.25, -0.2) is 4.39 Å². The Labute approximate surface area is 154 Å². The fraction of sp³-hybridized carbons (Fsp3) is 0.500. The Morgan fingerprint density at radius 3 is 2.69 bits per heavy atom. The molecule has 3 rings (SSSR count). The van der Waals surface area contributed by atoms with E-state index < -0.39 is 6.10 Å². The summed E-state index contributed by atoms with van der Waals surface area (Å²) >= 11 is 0. The molecule has 0 aliphatic carbocycles. The summed E-state index contributed by atoms with van der Waals surface area (Å²) < 4.78 is 12.9. The SMILES string of the molecule is CN(C[C@H](O)c1ccc(F)cn1)C1CCN(CCc2ccccn2)CC1. The molecule has 0 radical (unpaired) electrons. The van der Waals surface area contributed by atoms with E-state index in [1.54, 1.807) is 6.07 Å². The van der Waals surface area contributed by atoms with Gasteiger partial charge in [0.15, 0.2) is 0 Å². The minimum absolute atomic E-state index is 0.382. The van der Waals surface area contributed by atoms with Gasteiger partial charge in [-0.3, -0.25) is 9.97 Å². The van der Waals surface area contributed by atoms with Gasteiger partial charge < -0.3 is 14.9 Å². The van der Waals surface area contributed by atoms with Crippen molar-refractivity contribution < 1.29 is 9.50 Å². The van der Waals surface area contributed by atoms with Crippen LogP contribution in [0.2, 0.25) is 0 Å². The lowest BCUT2D eigenvalue weighted by molar-refractivity contribution is 0.0718. The Morgan fingerprint density at radius 1 is 1.23 bits per heavy atom. The fourth-order valence-corrected chi connectivity index (χ4v) is 3.50. The zero-order valence-corrected chi connectivity index (χ0v) is 15.3. The van der Waals surface area contributed by atoms with Crippen LogP contribution < -0.4 is 0 Å². The molecule has 1 aliphatic rings. The van der Waals surface area contributed by atoms with Crippen LogP contribution in [0.5, 0.6) is 0 Å². The van der Waals surface area contributed by atoms with Crippen molar-refractivity contribution in [2.24, 2.45) is 0 Å². The highest BCUT2D eigenvalue weighted by atomic mass is 19.1. The van der Waals surface area contributed by atoms with Gasteiger partial charge in [-0.1, -0.05) is 6.07 Å². The Kier molecular flexibility index (Phi) is 6.66. The predicted molar refractivity (Wildman–Crippen MR) is 99.2 cm³/mol. The summed E-state index contributed by atoms with van der Waals surface area (Å²) in [5.74, 6) is -0.382. The molecule has 0 amide bonds. The molecule has 0 saturated carbocycles. The van der Waals surface area contributed by atoms with Crippen LogP contribution in [0.4, 0.5) is 4.39 Å². The van der Waals surface area contributed by atoms with E-state index >= 15 is 0 Å². The van der Waals surface area contributed by atoms with E-state index in [1.807, 2.05) is 25.4 Å². The predicted octanol–water partition coefficient (Wildman–Crippen LogP) is 2.29. The van der Waals surface area contributed by atoms with Crippen molar-refractivity contribution in [1.82, 2.24) is 19.8 Å². The van der Waals surface area contributed by atoms with Crippen molar-refractivity contribution in [2.75, 3.05) is 33.2 Å². The minimum Gasteiger partial charge on any atom is -0.385 e. The lowest BCUT2D eigenvalue weighted by Crippen LogP contribution is -2.45. The molecule has 0 unspecified atom stereocenters.